The number of imide groups is 2. The van der Waals surface area contributed by atoms with E-state index in [-0.39, 0.29) is 73.2 Å². The van der Waals surface area contributed by atoms with Gasteiger partial charge in [-0.05, 0) is 82.1 Å². The van der Waals surface area contributed by atoms with Gasteiger partial charge in [0.2, 0.25) is 27.8 Å². The molecule has 1 saturated carbocycles. The Hall–Kier alpha value is -6.07. The predicted octanol–water partition coefficient (Wildman–Crippen LogP) is 3.91. The zero-order valence-electron chi connectivity index (χ0n) is 39.6. The van der Waals surface area contributed by atoms with Crippen molar-refractivity contribution < 1.29 is 47.0 Å². The summed E-state index contributed by atoms with van der Waals surface area (Å²) in [6, 6.07) is 10.5. The Labute approximate surface area is 407 Å². The summed E-state index contributed by atoms with van der Waals surface area (Å²) >= 11 is 0. The number of fused-ring (bicyclic) bond motifs is 2. The van der Waals surface area contributed by atoms with Crippen LogP contribution in [-0.2, 0) is 29.1 Å². The van der Waals surface area contributed by atoms with E-state index in [1.165, 1.54) is 4.31 Å². The summed E-state index contributed by atoms with van der Waals surface area (Å²) in [7, 11) is -3.82. The van der Waals surface area contributed by atoms with Crippen molar-refractivity contribution in [1.29, 1.82) is 0 Å². The number of anilines is 2. The minimum absolute atomic E-state index is 0.0555. The van der Waals surface area contributed by atoms with Crippen LogP contribution in [0.2, 0.25) is 0 Å². The molecule has 0 spiro atoms. The van der Waals surface area contributed by atoms with Crippen LogP contribution < -0.4 is 21.3 Å². The molecule has 1 aliphatic carbocycles. The normalized spacial score (nSPS) is 19.9. The van der Waals surface area contributed by atoms with Crippen LogP contribution in [0.5, 0.6) is 0 Å². The molecule has 21 nitrogen and oxygen atoms in total. The van der Waals surface area contributed by atoms with E-state index >= 15 is 0 Å². The van der Waals surface area contributed by atoms with Crippen LogP contribution in [0.1, 0.15) is 104 Å². The molecule has 376 valence electrons. The van der Waals surface area contributed by atoms with Crippen molar-refractivity contribution in [3.05, 3.63) is 59.8 Å². The molecule has 3 aliphatic heterocycles. The minimum Gasteiger partial charge on any atom is -0.393 e. The first kappa shape index (κ1) is 50.3. The lowest BCUT2D eigenvalue weighted by atomic mass is 9.93. The molecule has 22 heteroatoms. The second-order valence-electron chi connectivity index (χ2n) is 18.0. The molecule has 1 unspecified atom stereocenters. The molecule has 4 aromatic rings. The number of carbonyl (C=O) groups is 5. The second-order valence-corrected chi connectivity index (χ2v) is 19.9. The molecule has 2 aromatic carbocycles. The Morgan fingerprint density at radius 1 is 0.829 bits per heavy atom. The highest BCUT2D eigenvalue weighted by atomic mass is 32.2. The third-order valence-electron chi connectivity index (χ3n) is 13.1. The number of piperazine rings is 1. The third kappa shape index (κ3) is 11.6. The summed E-state index contributed by atoms with van der Waals surface area (Å²) in [5.41, 5.74) is 3.05. The zero-order chi connectivity index (χ0) is 49.2. The first-order chi connectivity index (χ1) is 33.9. The van der Waals surface area contributed by atoms with Crippen molar-refractivity contribution in [2.45, 2.75) is 101 Å². The molecular weight excluding hydrogens is 923 g/mol. The molecule has 8 rings (SSSR count). The Morgan fingerprint density at radius 3 is 2.24 bits per heavy atom. The number of piperidine rings is 1. The molecule has 5 N–H and O–H groups in total. The summed E-state index contributed by atoms with van der Waals surface area (Å²) in [6.45, 7) is 6.52. The first-order valence-electron chi connectivity index (χ1n) is 24.5. The number of unbranched alkanes of at least 4 members (excludes halogenated alkanes) is 1. The number of urea groups is 1. The number of benzene rings is 2. The standard InChI is InChI=1S/C48H63N11O10S/c1-2-3-20-50-47-52-31-37-42(55-59(43(37)54-47)33-12-14-34(60)15-13-33)32-10-16-35(17-11-32)70(66,67)57-25-23-56(24-26-57)48(65)51-22-6-28-69-30-7-29-68-27-5-21-49-38-9-4-8-36-41(38)46(64)58(45(36)63)39-18-19-40(61)53-44(39)62/h4,8-11,16-17,31,33-34,39,49,60H,2-3,5-7,12-15,18-30H2,1H3,(H,51,65)(H,50,52,54)(H,53,61,62). The number of hydrogen-bond acceptors (Lipinski definition) is 15. The third-order valence-corrected chi connectivity index (χ3v) is 15.0. The van der Waals surface area contributed by atoms with E-state index in [1.54, 1.807) is 53.6 Å². The van der Waals surface area contributed by atoms with Crippen LogP contribution in [0.25, 0.3) is 22.3 Å². The molecule has 5 heterocycles. The number of carbonyl (C=O) groups excluding carboxylic acids is 5. The number of ether oxygens (including phenoxy) is 2. The van der Waals surface area contributed by atoms with E-state index < -0.39 is 39.7 Å². The van der Waals surface area contributed by atoms with E-state index in [0.717, 1.165) is 48.1 Å². The topological polar surface area (TPSA) is 260 Å². The van der Waals surface area contributed by atoms with Gasteiger partial charge in [-0.1, -0.05) is 31.5 Å². The van der Waals surface area contributed by atoms with Gasteiger partial charge in [-0.3, -0.25) is 29.4 Å². The van der Waals surface area contributed by atoms with Gasteiger partial charge in [0, 0.05) is 96.1 Å². The van der Waals surface area contributed by atoms with Crippen LogP contribution in [0, 0.1) is 0 Å². The van der Waals surface area contributed by atoms with Gasteiger partial charge in [0.05, 0.1) is 33.6 Å². The molecule has 3 fully saturated rings. The highest BCUT2D eigenvalue weighted by Crippen LogP contribution is 2.36. The number of rotatable bonds is 22. The van der Waals surface area contributed by atoms with E-state index in [4.69, 9.17) is 19.6 Å². The van der Waals surface area contributed by atoms with Crippen LogP contribution >= 0.6 is 0 Å². The molecule has 2 aromatic heterocycles. The molecule has 70 heavy (non-hydrogen) atoms. The average Bonchev–Trinajstić information content (AvgIpc) is 3.87. The number of hydrogen-bond donors (Lipinski definition) is 5. The van der Waals surface area contributed by atoms with Gasteiger partial charge in [-0.25, -0.2) is 22.9 Å². The molecule has 6 amide bonds. The van der Waals surface area contributed by atoms with E-state index in [0.29, 0.717) is 94.6 Å². The summed E-state index contributed by atoms with van der Waals surface area (Å²) in [5.74, 6) is -1.65. The van der Waals surface area contributed by atoms with Crippen molar-refractivity contribution in [3.8, 4) is 11.3 Å². The van der Waals surface area contributed by atoms with Gasteiger partial charge >= 0.3 is 6.03 Å². The predicted molar refractivity (Wildman–Crippen MR) is 258 cm³/mol. The monoisotopic (exact) mass is 985 g/mol. The lowest BCUT2D eigenvalue weighted by molar-refractivity contribution is -0.136. The van der Waals surface area contributed by atoms with E-state index in [1.807, 2.05) is 4.68 Å². The lowest BCUT2D eigenvalue weighted by Crippen LogP contribution is -2.54. The molecule has 1 atom stereocenters. The van der Waals surface area contributed by atoms with Crippen molar-refractivity contribution >= 4 is 62.4 Å². The number of nitrogens with one attached hydrogen (secondary N) is 4. The second kappa shape index (κ2) is 23.2. The lowest BCUT2D eigenvalue weighted by Gasteiger charge is -2.34. The fraction of sp³-hybridized carbons (Fsp3) is 0.542. The van der Waals surface area contributed by atoms with Gasteiger partial charge in [0.25, 0.3) is 11.8 Å². The maximum atomic E-state index is 13.7. The minimum atomic E-state index is -3.82. The maximum Gasteiger partial charge on any atom is 0.317 e. The van der Waals surface area contributed by atoms with Gasteiger partial charge < -0.3 is 35.4 Å². The summed E-state index contributed by atoms with van der Waals surface area (Å²) in [4.78, 5) is 75.4. The van der Waals surface area contributed by atoms with Crippen molar-refractivity contribution in [3.63, 3.8) is 0 Å². The maximum absolute atomic E-state index is 13.7. The van der Waals surface area contributed by atoms with Crippen LogP contribution in [0.4, 0.5) is 16.4 Å². The summed E-state index contributed by atoms with van der Waals surface area (Å²) in [5, 5.41) is 27.5. The average molecular weight is 986 g/mol. The highest BCUT2D eigenvalue weighted by molar-refractivity contribution is 7.89. The van der Waals surface area contributed by atoms with Gasteiger partial charge in [0.15, 0.2) is 5.65 Å². The molecule has 0 radical (unpaired) electrons. The Kier molecular flexibility index (Phi) is 16.7. The smallest absolute Gasteiger partial charge is 0.317 e. The Morgan fingerprint density at radius 2 is 1.53 bits per heavy atom. The van der Waals surface area contributed by atoms with E-state index in [2.05, 4.69) is 33.2 Å². The first-order valence-corrected chi connectivity index (χ1v) is 25.9. The molecule has 4 aliphatic rings. The zero-order valence-corrected chi connectivity index (χ0v) is 40.4. The number of amides is 6. The quantitative estimate of drug-likeness (QED) is 0.0553. The van der Waals surface area contributed by atoms with Gasteiger partial charge in [-0.15, -0.1) is 0 Å². The van der Waals surface area contributed by atoms with E-state index in [9.17, 15) is 37.5 Å². The number of aliphatic hydroxyl groups excluding tert-OH is 1. The van der Waals surface area contributed by atoms with Crippen molar-refractivity contribution in [2.75, 3.05) is 82.9 Å². The molecule has 0 bridgehead atoms. The summed E-state index contributed by atoms with van der Waals surface area (Å²) in [6.07, 6.45) is 8.51. The van der Waals surface area contributed by atoms with Crippen LogP contribution in [0.3, 0.4) is 0 Å². The Balaban J connectivity index is 0.702. The van der Waals surface area contributed by atoms with Crippen LogP contribution in [-0.4, -0.2) is 161 Å². The van der Waals surface area contributed by atoms with Gasteiger partial charge in [0.1, 0.15) is 11.7 Å². The van der Waals surface area contributed by atoms with Crippen molar-refractivity contribution in [1.82, 2.24) is 44.5 Å². The fourth-order valence-electron chi connectivity index (χ4n) is 9.23. The molecule has 2 saturated heterocycles. The largest absolute Gasteiger partial charge is 0.393 e. The van der Waals surface area contributed by atoms with Crippen LogP contribution in [0.15, 0.2) is 53.6 Å². The summed E-state index contributed by atoms with van der Waals surface area (Å²) < 4.78 is 42.3. The molecular formula is C48H63N11O10S. The van der Waals surface area contributed by atoms with Gasteiger partial charge in [-0.2, -0.15) is 14.4 Å². The number of aliphatic hydroxyl groups is 1. The highest BCUT2D eigenvalue weighted by Gasteiger charge is 2.45. The Bertz CT molecular complexity index is 2630. The fourth-order valence-corrected chi connectivity index (χ4v) is 10.7. The number of nitrogens with zero attached hydrogens (tertiary/aromatic N) is 7. The number of aromatic nitrogens is 4. The SMILES string of the molecule is CCCCNc1ncc2c(-c3ccc(S(=O)(=O)N4CCN(C(=O)NCCCOCCCOCCCNc5cccc6c5C(=O)N(C5CCC(=O)NC5=O)C6=O)CC4)cc3)nn(C3CCC(O)CC3)c2n1. The number of sulfonamides is 1. The van der Waals surface area contributed by atoms with Crippen molar-refractivity contribution in [2.24, 2.45) is 0 Å².